The second-order valence-corrected chi connectivity index (χ2v) is 10.5. The second kappa shape index (κ2) is 8.81. The first-order valence-corrected chi connectivity index (χ1v) is 12.6. The Morgan fingerprint density at radius 2 is 1.70 bits per heavy atom. The van der Waals surface area contributed by atoms with Crippen LogP contribution in [0.3, 0.4) is 0 Å². The molecular formula is C29H29Cl2NO. The molecule has 0 radical (unpaired) electrons. The van der Waals surface area contributed by atoms with Crippen LogP contribution in [-0.2, 0) is 4.79 Å². The van der Waals surface area contributed by atoms with Crippen molar-refractivity contribution in [2.45, 2.75) is 51.0 Å². The maximum absolute atomic E-state index is 13.2. The maximum atomic E-state index is 13.2. The number of halogens is 2. The molecule has 2 aliphatic rings. The minimum atomic E-state index is -0.323. The number of fused-ring (bicyclic) bond motifs is 1. The van der Waals surface area contributed by atoms with Gasteiger partial charge in [0, 0.05) is 22.0 Å². The van der Waals surface area contributed by atoms with Gasteiger partial charge in [-0.25, -0.2) is 0 Å². The van der Waals surface area contributed by atoms with E-state index >= 15 is 0 Å². The first-order valence-electron chi connectivity index (χ1n) is 11.9. The van der Waals surface area contributed by atoms with Crippen LogP contribution >= 0.6 is 23.2 Å². The van der Waals surface area contributed by atoms with Crippen molar-refractivity contribution in [2.75, 3.05) is 0 Å². The summed E-state index contributed by atoms with van der Waals surface area (Å²) in [4.78, 5) is 13.2. The third-order valence-corrected chi connectivity index (χ3v) is 8.68. The lowest BCUT2D eigenvalue weighted by Gasteiger charge is -2.47. The Bertz CT molecular complexity index is 1160. The van der Waals surface area contributed by atoms with Crippen molar-refractivity contribution >= 4 is 29.1 Å². The zero-order valence-electron chi connectivity index (χ0n) is 19.0. The quantitative estimate of drug-likeness (QED) is 0.406. The highest BCUT2D eigenvalue weighted by atomic mass is 35.5. The van der Waals surface area contributed by atoms with Crippen LogP contribution in [0.15, 0.2) is 72.8 Å². The Balaban J connectivity index is 1.60. The highest BCUT2D eigenvalue weighted by Crippen LogP contribution is 2.60. The van der Waals surface area contributed by atoms with Crippen LogP contribution in [0.1, 0.15) is 56.1 Å². The van der Waals surface area contributed by atoms with Crippen LogP contribution in [0.2, 0.25) is 10.0 Å². The molecule has 170 valence electrons. The molecule has 5 rings (SSSR count). The predicted octanol–water partition coefficient (Wildman–Crippen LogP) is 7.85. The van der Waals surface area contributed by atoms with E-state index in [0.29, 0.717) is 0 Å². The van der Waals surface area contributed by atoms with Gasteiger partial charge in [-0.15, -0.1) is 0 Å². The molecule has 0 bridgehead atoms. The Morgan fingerprint density at radius 1 is 0.970 bits per heavy atom. The maximum Gasteiger partial charge on any atom is 0.226 e. The highest BCUT2D eigenvalue weighted by Gasteiger charge is 2.59. The first kappa shape index (κ1) is 22.5. The summed E-state index contributed by atoms with van der Waals surface area (Å²) in [5.74, 6) is 0.846. The number of rotatable bonds is 4. The summed E-state index contributed by atoms with van der Waals surface area (Å²) in [6.07, 6.45) is 2.67. The second-order valence-electron chi connectivity index (χ2n) is 9.62. The van der Waals surface area contributed by atoms with Crippen molar-refractivity contribution in [3.63, 3.8) is 0 Å². The van der Waals surface area contributed by atoms with Crippen molar-refractivity contribution in [3.05, 3.63) is 94.0 Å². The zero-order valence-corrected chi connectivity index (χ0v) is 20.5. The summed E-state index contributed by atoms with van der Waals surface area (Å²) in [6.45, 7) is 4.32. The van der Waals surface area contributed by atoms with E-state index in [-0.39, 0.29) is 35.1 Å². The number of hydrogen-bond acceptors (Lipinski definition) is 1. The van der Waals surface area contributed by atoms with Crippen molar-refractivity contribution in [3.8, 4) is 11.1 Å². The van der Waals surface area contributed by atoms with Gasteiger partial charge in [0.25, 0.3) is 0 Å². The third kappa shape index (κ3) is 3.78. The largest absolute Gasteiger partial charge is 0.353 e. The molecule has 3 aromatic rings. The van der Waals surface area contributed by atoms with Crippen LogP contribution in [0.5, 0.6) is 0 Å². The summed E-state index contributed by atoms with van der Waals surface area (Å²) in [6, 6.07) is 25.1. The SMILES string of the molecule is CC[C@@]12CC[C@@H](c3ccc(-c4ccccc4)cc3Cl)C(c3ccc(Cl)cc3)[C@@H]1[C@@H](C)NC2=O. The Labute approximate surface area is 206 Å². The van der Waals surface area contributed by atoms with E-state index in [1.165, 1.54) is 11.1 Å². The molecule has 0 spiro atoms. The van der Waals surface area contributed by atoms with Crippen LogP contribution in [0.4, 0.5) is 0 Å². The van der Waals surface area contributed by atoms with Gasteiger partial charge in [0.05, 0.1) is 5.41 Å². The molecule has 5 atom stereocenters. The summed E-state index contributed by atoms with van der Waals surface area (Å²) >= 11 is 13.2. The molecular weight excluding hydrogens is 449 g/mol. The summed E-state index contributed by atoms with van der Waals surface area (Å²) in [5.41, 5.74) is 4.37. The van der Waals surface area contributed by atoms with Gasteiger partial charge >= 0.3 is 0 Å². The van der Waals surface area contributed by atoms with Gasteiger partial charge in [0.2, 0.25) is 5.91 Å². The van der Waals surface area contributed by atoms with Gasteiger partial charge < -0.3 is 5.32 Å². The third-order valence-electron chi connectivity index (χ3n) is 8.10. The van der Waals surface area contributed by atoms with Crippen LogP contribution < -0.4 is 5.32 Å². The van der Waals surface area contributed by atoms with E-state index in [1.54, 1.807) is 0 Å². The predicted molar refractivity (Wildman–Crippen MR) is 137 cm³/mol. The van der Waals surface area contributed by atoms with Gasteiger partial charge in [-0.2, -0.15) is 0 Å². The van der Waals surface area contributed by atoms with E-state index < -0.39 is 0 Å². The lowest BCUT2D eigenvalue weighted by atomic mass is 9.54. The molecule has 1 saturated heterocycles. The number of amides is 1. The van der Waals surface area contributed by atoms with Crippen LogP contribution in [0.25, 0.3) is 11.1 Å². The van der Waals surface area contributed by atoms with E-state index in [4.69, 9.17) is 23.2 Å². The Kier molecular flexibility index (Phi) is 6.01. The Morgan fingerprint density at radius 3 is 2.36 bits per heavy atom. The average molecular weight is 478 g/mol. The Hall–Kier alpha value is -2.29. The summed E-state index contributed by atoms with van der Waals surface area (Å²) in [5, 5.41) is 4.81. The molecule has 2 fully saturated rings. The van der Waals surface area contributed by atoms with Crippen molar-refractivity contribution in [2.24, 2.45) is 11.3 Å². The monoisotopic (exact) mass is 477 g/mol. The van der Waals surface area contributed by atoms with Gasteiger partial charge in [-0.3, -0.25) is 4.79 Å². The molecule has 1 saturated carbocycles. The summed E-state index contributed by atoms with van der Waals surface area (Å²) < 4.78 is 0. The number of carbonyl (C=O) groups is 1. The van der Waals surface area contributed by atoms with Crippen molar-refractivity contribution < 1.29 is 4.79 Å². The van der Waals surface area contributed by atoms with Gasteiger partial charge in [-0.1, -0.05) is 84.7 Å². The molecule has 1 amide bonds. The molecule has 1 aliphatic heterocycles. The van der Waals surface area contributed by atoms with Crippen LogP contribution in [0, 0.1) is 11.3 Å². The molecule has 33 heavy (non-hydrogen) atoms. The van der Waals surface area contributed by atoms with Crippen molar-refractivity contribution in [1.29, 1.82) is 0 Å². The number of hydrogen-bond donors (Lipinski definition) is 1. The topological polar surface area (TPSA) is 29.1 Å². The first-order chi connectivity index (χ1) is 15.9. The minimum Gasteiger partial charge on any atom is -0.353 e. The lowest BCUT2D eigenvalue weighted by molar-refractivity contribution is -0.131. The molecule has 2 nitrogen and oxygen atoms in total. The number of nitrogens with one attached hydrogen (secondary N) is 1. The molecule has 3 aromatic carbocycles. The standard InChI is InChI=1S/C29H29Cl2NO/c1-3-29-16-15-24(23-14-11-21(17-25(23)31)19-7-5-4-6-8-19)26(20-9-12-22(30)13-10-20)27(29)18(2)32-28(29)33/h4-14,17-18,24,26-27H,3,15-16H2,1-2H3,(H,32,33)/t18-,24+,26?,27+,29-/m1/s1. The molecule has 1 heterocycles. The van der Waals surface area contributed by atoms with E-state index in [9.17, 15) is 4.79 Å². The van der Waals surface area contributed by atoms with E-state index in [1.807, 2.05) is 30.3 Å². The summed E-state index contributed by atoms with van der Waals surface area (Å²) in [7, 11) is 0. The van der Waals surface area contributed by atoms with E-state index in [2.05, 4.69) is 61.6 Å². The number of carbonyl (C=O) groups excluding carboxylic acids is 1. The highest BCUT2D eigenvalue weighted by molar-refractivity contribution is 6.31. The molecule has 1 unspecified atom stereocenters. The number of benzene rings is 3. The molecule has 1 N–H and O–H groups in total. The van der Waals surface area contributed by atoms with Crippen molar-refractivity contribution in [1.82, 2.24) is 5.32 Å². The average Bonchev–Trinajstić information content (AvgIpc) is 3.09. The fourth-order valence-corrected chi connectivity index (χ4v) is 6.98. The lowest BCUT2D eigenvalue weighted by Crippen LogP contribution is -2.43. The molecule has 0 aromatic heterocycles. The van der Waals surface area contributed by atoms with Gasteiger partial charge in [0.15, 0.2) is 0 Å². The fourth-order valence-electron chi connectivity index (χ4n) is 6.53. The zero-order chi connectivity index (χ0) is 23.2. The van der Waals surface area contributed by atoms with Gasteiger partial charge in [-0.05, 0) is 78.5 Å². The minimum absolute atomic E-state index is 0.114. The van der Waals surface area contributed by atoms with Gasteiger partial charge in [0.1, 0.15) is 0 Å². The molecule has 4 heteroatoms. The normalized spacial score (nSPS) is 28.9. The van der Waals surface area contributed by atoms with Crippen LogP contribution in [-0.4, -0.2) is 11.9 Å². The van der Waals surface area contributed by atoms with E-state index in [0.717, 1.165) is 40.4 Å². The fraction of sp³-hybridized carbons (Fsp3) is 0.345. The molecule has 1 aliphatic carbocycles. The smallest absolute Gasteiger partial charge is 0.226 e.